The quantitative estimate of drug-likeness (QED) is 0.794. The van der Waals surface area contributed by atoms with Crippen LogP contribution in [0.25, 0.3) is 0 Å². The number of carbonyl (C=O) groups is 1. The Kier molecular flexibility index (Phi) is 4.88. The van der Waals surface area contributed by atoms with Crippen LogP contribution in [0.2, 0.25) is 0 Å². The second kappa shape index (κ2) is 6.45. The fourth-order valence-corrected chi connectivity index (χ4v) is 2.59. The van der Waals surface area contributed by atoms with Gasteiger partial charge in [0.25, 0.3) is 0 Å². The van der Waals surface area contributed by atoms with Crippen LogP contribution in [0.1, 0.15) is 24.3 Å². The molecule has 0 spiro atoms. The minimum absolute atomic E-state index is 0.0379. The monoisotopic (exact) mass is 343 g/mol. The first-order valence-electron chi connectivity index (χ1n) is 6.50. The minimum atomic E-state index is -0.947. The van der Waals surface area contributed by atoms with Crippen LogP contribution in [-0.4, -0.2) is 31.3 Å². The highest BCUT2D eigenvalue weighted by Crippen LogP contribution is 2.39. The number of benzene rings is 1. The first-order chi connectivity index (χ1) is 9.56. The molecule has 1 fully saturated rings. The van der Waals surface area contributed by atoms with Crippen molar-refractivity contribution in [3.05, 3.63) is 22.2 Å². The molecule has 0 saturated heterocycles. The number of rotatable bonds is 7. The fourth-order valence-electron chi connectivity index (χ4n) is 1.97. The smallest absolute Gasteiger partial charge is 0.312 e. The number of ether oxygens (including phenoxy) is 2. The summed E-state index contributed by atoms with van der Waals surface area (Å²) >= 11 is 3.39. The number of methoxy groups -OCH3 is 1. The van der Waals surface area contributed by atoms with Crippen molar-refractivity contribution in [2.45, 2.75) is 18.8 Å². The Hall–Kier alpha value is -1.27. The molecule has 1 unspecified atom stereocenters. The van der Waals surface area contributed by atoms with Crippen LogP contribution in [0.5, 0.6) is 11.5 Å². The summed E-state index contributed by atoms with van der Waals surface area (Å²) in [5.41, 5.74) is 6.15. The second-order valence-corrected chi connectivity index (χ2v) is 5.77. The predicted octanol–water partition coefficient (Wildman–Crippen LogP) is 2.37. The van der Waals surface area contributed by atoms with Crippen molar-refractivity contribution in [2.75, 3.05) is 20.3 Å². The van der Waals surface area contributed by atoms with Gasteiger partial charge in [0.2, 0.25) is 0 Å². The number of nitrogens with two attached hydrogens (primary N) is 1. The van der Waals surface area contributed by atoms with Gasteiger partial charge >= 0.3 is 5.97 Å². The SMILES string of the molecule is COc1c(Br)cc(C(CN)C(=O)O)cc1OCC1CC1. The zero-order valence-electron chi connectivity index (χ0n) is 11.3. The predicted molar refractivity (Wildman–Crippen MR) is 78.3 cm³/mol. The van der Waals surface area contributed by atoms with Gasteiger partial charge < -0.3 is 20.3 Å². The van der Waals surface area contributed by atoms with Gasteiger partial charge in [-0.1, -0.05) is 0 Å². The van der Waals surface area contributed by atoms with Crippen molar-refractivity contribution in [3.63, 3.8) is 0 Å². The van der Waals surface area contributed by atoms with Gasteiger partial charge in [-0.3, -0.25) is 4.79 Å². The summed E-state index contributed by atoms with van der Waals surface area (Å²) < 4.78 is 11.7. The third kappa shape index (κ3) is 3.43. The molecular weight excluding hydrogens is 326 g/mol. The maximum atomic E-state index is 11.2. The van der Waals surface area contributed by atoms with Crippen molar-refractivity contribution >= 4 is 21.9 Å². The fraction of sp³-hybridized carbons (Fsp3) is 0.500. The standard InChI is InChI=1S/C14H18BrNO4/c1-19-13-11(15)4-9(10(6-16)14(17)18)5-12(13)20-7-8-2-3-8/h4-5,8,10H,2-3,6-7,16H2,1H3,(H,17,18). The van der Waals surface area contributed by atoms with E-state index in [1.807, 2.05) is 0 Å². The van der Waals surface area contributed by atoms with E-state index in [0.717, 1.165) is 0 Å². The molecule has 3 N–H and O–H groups in total. The molecule has 0 aromatic heterocycles. The summed E-state index contributed by atoms with van der Waals surface area (Å²) in [4.78, 5) is 11.2. The average molecular weight is 344 g/mol. The molecule has 1 atom stereocenters. The Morgan fingerprint density at radius 1 is 1.55 bits per heavy atom. The second-order valence-electron chi connectivity index (χ2n) is 4.92. The molecule has 1 saturated carbocycles. The molecule has 0 aliphatic heterocycles. The Balaban J connectivity index is 2.30. The largest absolute Gasteiger partial charge is 0.492 e. The van der Waals surface area contributed by atoms with E-state index >= 15 is 0 Å². The molecule has 1 aliphatic rings. The molecule has 20 heavy (non-hydrogen) atoms. The first kappa shape index (κ1) is 15.1. The molecule has 0 radical (unpaired) electrons. The number of halogens is 1. The molecule has 0 bridgehead atoms. The van der Waals surface area contributed by atoms with Crippen molar-refractivity contribution in [3.8, 4) is 11.5 Å². The number of carboxylic acid groups (broad SMARTS) is 1. The number of hydrogen-bond donors (Lipinski definition) is 2. The number of hydrogen-bond acceptors (Lipinski definition) is 4. The first-order valence-corrected chi connectivity index (χ1v) is 7.29. The van der Waals surface area contributed by atoms with Gasteiger partial charge in [-0.25, -0.2) is 0 Å². The molecule has 2 rings (SSSR count). The van der Waals surface area contributed by atoms with Gasteiger partial charge in [-0.05, 0) is 52.4 Å². The van der Waals surface area contributed by atoms with Crippen LogP contribution in [0.4, 0.5) is 0 Å². The zero-order valence-corrected chi connectivity index (χ0v) is 12.9. The van der Waals surface area contributed by atoms with Gasteiger partial charge in [0, 0.05) is 6.54 Å². The minimum Gasteiger partial charge on any atom is -0.492 e. The highest BCUT2D eigenvalue weighted by Gasteiger charge is 2.25. The maximum Gasteiger partial charge on any atom is 0.312 e. The van der Waals surface area contributed by atoms with Gasteiger partial charge in [0.1, 0.15) is 0 Å². The zero-order chi connectivity index (χ0) is 14.7. The molecule has 1 aromatic carbocycles. The van der Waals surface area contributed by atoms with E-state index in [1.165, 1.54) is 12.8 Å². The van der Waals surface area contributed by atoms with E-state index in [4.69, 9.17) is 15.2 Å². The number of carboxylic acids is 1. The number of aliphatic carboxylic acids is 1. The summed E-state index contributed by atoms with van der Waals surface area (Å²) in [5, 5.41) is 9.20. The molecule has 110 valence electrons. The van der Waals surface area contributed by atoms with Crippen LogP contribution in [-0.2, 0) is 4.79 Å². The molecule has 1 aliphatic carbocycles. The highest BCUT2D eigenvalue weighted by atomic mass is 79.9. The van der Waals surface area contributed by atoms with Crippen molar-refractivity contribution in [1.82, 2.24) is 0 Å². The Bertz CT molecular complexity index is 502. The highest BCUT2D eigenvalue weighted by molar-refractivity contribution is 9.10. The summed E-state index contributed by atoms with van der Waals surface area (Å²) in [6, 6.07) is 3.42. The van der Waals surface area contributed by atoms with Gasteiger partial charge in [0.05, 0.1) is 24.1 Å². The topological polar surface area (TPSA) is 81.8 Å². The summed E-state index contributed by atoms with van der Waals surface area (Å²) in [5.74, 6) is 0.0455. The van der Waals surface area contributed by atoms with Gasteiger partial charge in [-0.15, -0.1) is 0 Å². The van der Waals surface area contributed by atoms with E-state index in [2.05, 4.69) is 15.9 Å². The van der Waals surface area contributed by atoms with Crippen molar-refractivity contribution < 1.29 is 19.4 Å². The van der Waals surface area contributed by atoms with Crippen LogP contribution in [0, 0.1) is 5.92 Å². The molecular formula is C14H18BrNO4. The normalized spacial score (nSPS) is 15.8. The van der Waals surface area contributed by atoms with Crippen LogP contribution < -0.4 is 15.2 Å². The van der Waals surface area contributed by atoms with Crippen LogP contribution in [0.15, 0.2) is 16.6 Å². The lowest BCUT2D eigenvalue weighted by molar-refractivity contribution is -0.138. The third-order valence-electron chi connectivity index (χ3n) is 3.34. The van der Waals surface area contributed by atoms with Crippen LogP contribution in [0.3, 0.4) is 0 Å². The van der Waals surface area contributed by atoms with E-state index in [9.17, 15) is 9.90 Å². The Morgan fingerprint density at radius 3 is 2.75 bits per heavy atom. The summed E-state index contributed by atoms with van der Waals surface area (Å²) in [7, 11) is 1.56. The van der Waals surface area contributed by atoms with Gasteiger partial charge in [-0.2, -0.15) is 0 Å². The van der Waals surface area contributed by atoms with E-state index in [1.54, 1.807) is 19.2 Å². The lowest BCUT2D eigenvalue weighted by atomic mass is 9.99. The molecule has 1 aromatic rings. The van der Waals surface area contributed by atoms with Crippen molar-refractivity contribution in [1.29, 1.82) is 0 Å². The molecule has 6 heteroatoms. The molecule has 5 nitrogen and oxygen atoms in total. The Morgan fingerprint density at radius 2 is 2.25 bits per heavy atom. The maximum absolute atomic E-state index is 11.2. The molecule has 0 amide bonds. The van der Waals surface area contributed by atoms with E-state index in [-0.39, 0.29) is 6.54 Å². The van der Waals surface area contributed by atoms with Crippen molar-refractivity contribution in [2.24, 2.45) is 11.7 Å². The van der Waals surface area contributed by atoms with Crippen LogP contribution >= 0.6 is 15.9 Å². The van der Waals surface area contributed by atoms with E-state index < -0.39 is 11.9 Å². The lowest BCUT2D eigenvalue weighted by Crippen LogP contribution is -2.21. The average Bonchev–Trinajstić information content (AvgIpc) is 3.20. The summed E-state index contributed by atoms with van der Waals surface area (Å²) in [6.45, 7) is 0.669. The van der Waals surface area contributed by atoms with Gasteiger partial charge in [0.15, 0.2) is 11.5 Å². The van der Waals surface area contributed by atoms with E-state index in [0.29, 0.717) is 34.1 Å². The Labute approximate surface area is 126 Å². The molecule has 0 heterocycles. The lowest BCUT2D eigenvalue weighted by Gasteiger charge is -2.16. The summed E-state index contributed by atoms with van der Waals surface area (Å²) in [6.07, 6.45) is 2.37. The third-order valence-corrected chi connectivity index (χ3v) is 3.93.